The lowest BCUT2D eigenvalue weighted by molar-refractivity contribution is 0.0987. The summed E-state index contributed by atoms with van der Waals surface area (Å²) in [6.45, 7) is 1.99. The van der Waals surface area contributed by atoms with Crippen LogP contribution in [0.1, 0.15) is 22.8 Å². The lowest BCUT2D eigenvalue weighted by Crippen LogP contribution is -2.24. The van der Waals surface area contributed by atoms with Crippen molar-refractivity contribution in [3.63, 3.8) is 0 Å². The Kier molecular flexibility index (Phi) is 3.46. The van der Waals surface area contributed by atoms with E-state index in [1.54, 1.807) is 6.07 Å². The van der Waals surface area contributed by atoms with Gasteiger partial charge in [0.15, 0.2) is 5.78 Å². The molecule has 0 spiro atoms. The second-order valence-corrected chi connectivity index (χ2v) is 3.25. The number of ketones is 1. The summed E-state index contributed by atoms with van der Waals surface area (Å²) in [6, 6.07) is 7.37. The van der Waals surface area contributed by atoms with Crippen molar-refractivity contribution in [2.45, 2.75) is 18.8 Å². The number of hydrogen-bond donors (Lipinski definition) is 1. The average Bonchev–Trinajstić information content (AvgIpc) is 2.16. The van der Waals surface area contributed by atoms with Crippen LogP contribution in [-0.4, -0.2) is 11.3 Å². The molecule has 0 saturated heterocycles. The largest absolute Gasteiger partial charge is 0.309 e. The highest BCUT2D eigenvalue weighted by molar-refractivity contribution is 6.33. The summed E-state index contributed by atoms with van der Waals surface area (Å²) in [4.78, 5) is 11.5. The molecule has 0 aliphatic rings. The Morgan fingerprint density at radius 2 is 2.15 bits per heavy atom. The Hall–Kier alpha value is -0.860. The van der Waals surface area contributed by atoms with E-state index in [2.05, 4.69) is 0 Å². The molecule has 13 heavy (non-hydrogen) atoms. The van der Waals surface area contributed by atoms with Crippen LogP contribution in [0.2, 0.25) is 0 Å². The molecule has 0 bridgehead atoms. The van der Waals surface area contributed by atoms with Gasteiger partial charge in [-0.05, 0) is 12.0 Å². The van der Waals surface area contributed by atoms with Crippen molar-refractivity contribution < 1.29 is 4.79 Å². The average molecular weight is 198 g/mol. The van der Waals surface area contributed by atoms with E-state index in [0.29, 0.717) is 5.56 Å². The van der Waals surface area contributed by atoms with Gasteiger partial charge < -0.3 is 5.73 Å². The van der Waals surface area contributed by atoms with E-state index in [4.69, 9.17) is 17.3 Å². The summed E-state index contributed by atoms with van der Waals surface area (Å²) in [6.07, 6.45) is 0.811. The first kappa shape index (κ1) is 10.2. The predicted molar refractivity (Wildman–Crippen MR) is 54.0 cm³/mol. The molecule has 2 N–H and O–H groups in total. The van der Waals surface area contributed by atoms with Crippen molar-refractivity contribution in [3.8, 4) is 0 Å². The smallest absolute Gasteiger partial charge is 0.194 e. The second kappa shape index (κ2) is 4.40. The van der Waals surface area contributed by atoms with Crippen molar-refractivity contribution >= 4 is 17.4 Å². The normalized spacial score (nSPS) is 12.5. The third-order valence-corrected chi connectivity index (χ3v) is 2.11. The van der Waals surface area contributed by atoms with Crippen molar-refractivity contribution in [2.24, 2.45) is 5.73 Å². The molecular weight excluding hydrogens is 186 g/mol. The molecular formula is C10H12ClNO. The van der Waals surface area contributed by atoms with Crippen molar-refractivity contribution in [2.75, 3.05) is 0 Å². The molecule has 0 heterocycles. The summed E-state index contributed by atoms with van der Waals surface area (Å²) in [7, 11) is 0. The third kappa shape index (κ3) is 2.29. The molecule has 0 radical (unpaired) electrons. The summed E-state index contributed by atoms with van der Waals surface area (Å²) in [5, 5.41) is 0. The molecule has 2 nitrogen and oxygen atoms in total. The van der Waals surface area contributed by atoms with Crippen LogP contribution in [0.5, 0.6) is 0 Å². The van der Waals surface area contributed by atoms with Crippen molar-refractivity contribution in [1.29, 1.82) is 0 Å². The van der Waals surface area contributed by atoms with Crippen LogP contribution in [0.15, 0.2) is 24.3 Å². The number of carbonyl (C=O) groups excluding carboxylic acids is 1. The zero-order valence-electron chi connectivity index (χ0n) is 7.46. The maximum Gasteiger partial charge on any atom is 0.194 e. The van der Waals surface area contributed by atoms with Gasteiger partial charge in [-0.25, -0.2) is 0 Å². The molecule has 3 heteroatoms. The fraction of sp³-hybridized carbons (Fsp3) is 0.300. The number of halogens is 1. The number of carbonyl (C=O) groups is 1. The second-order valence-electron chi connectivity index (χ2n) is 2.78. The Morgan fingerprint density at radius 3 is 2.69 bits per heavy atom. The minimum atomic E-state index is -0.937. The van der Waals surface area contributed by atoms with Crippen LogP contribution in [0.25, 0.3) is 0 Å². The van der Waals surface area contributed by atoms with Gasteiger partial charge in [0.25, 0.3) is 0 Å². The Bertz CT molecular complexity index is 310. The van der Waals surface area contributed by atoms with E-state index in [1.165, 1.54) is 0 Å². The van der Waals surface area contributed by atoms with Gasteiger partial charge in [-0.2, -0.15) is 0 Å². The lowest BCUT2D eigenvalue weighted by Gasteiger charge is -2.07. The minimum absolute atomic E-state index is 0.209. The maximum absolute atomic E-state index is 11.5. The SMILES string of the molecule is CCc1ccccc1C(=O)C(N)Cl. The molecule has 1 atom stereocenters. The summed E-state index contributed by atoms with van der Waals surface area (Å²) < 4.78 is 0. The zero-order valence-corrected chi connectivity index (χ0v) is 8.21. The van der Waals surface area contributed by atoms with Gasteiger partial charge >= 0.3 is 0 Å². The standard InChI is InChI=1S/C10H12ClNO/c1-2-7-5-3-4-6-8(7)9(13)10(11)12/h3-6,10H,2,12H2,1H3. The first-order chi connectivity index (χ1) is 6.16. The molecule has 70 valence electrons. The third-order valence-electron chi connectivity index (χ3n) is 1.91. The zero-order chi connectivity index (χ0) is 9.84. The maximum atomic E-state index is 11.5. The van der Waals surface area contributed by atoms with E-state index in [9.17, 15) is 4.79 Å². The van der Waals surface area contributed by atoms with Crippen LogP contribution in [0, 0.1) is 0 Å². The van der Waals surface area contributed by atoms with E-state index in [-0.39, 0.29) is 5.78 Å². The number of nitrogens with two attached hydrogens (primary N) is 1. The number of Topliss-reactive ketones (excluding diaryl/α,β-unsaturated/α-hetero) is 1. The first-order valence-corrected chi connectivity index (χ1v) is 4.62. The van der Waals surface area contributed by atoms with Crippen LogP contribution in [0.3, 0.4) is 0 Å². The van der Waals surface area contributed by atoms with E-state index >= 15 is 0 Å². The van der Waals surface area contributed by atoms with E-state index < -0.39 is 5.50 Å². The van der Waals surface area contributed by atoms with Gasteiger partial charge in [-0.1, -0.05) is 42.8 Å². The summed E-state index contributed by atoms with van der Waals surface area (Å²) in [5.41, 5.74) is 5.99. The number of rotatable bonds is 3. The van der Waals surface area contributed by atoms with Crippen LogP contribution < -0.4 is 5.73 Å². The van der Waals surface area contributed by atoms with Crippen LogP contribution in [-0.2, 0) is 6.42 Å². The molecule has 0 saturated carbocycles. The number of hydrogen-bond acceptors (Lipinski definition) is 2. The highest BCUT2D eigenvalue weighted by atomic mass is 35.5. The van der Waals surface area contributed by atoms with Gasteiger partial charge in [-0.15, -0.1) is 0 Å². The molecule has 1 rings (SSSR count). The quantitative estimate of drug-likeness (QED) is 0.457. The fourth-order valence-electron chi connectivity index (χ4n) is 1.22. The number of benzene rings is 1. The molecule has 0 fully saturated rings. The topological polar surface area (TPSA) is 43.1 Å². The van der Waals surface area contributed by atoms with E-state index in [1.807, 2.05) is 25.1 Å². The number of alkyl halides is 1. The van der Waals surface area contributed by atoms with Crippen LogP contribution >= 0.6 is 11.6 Å². The molecule has 1 aromatic carbocycles. The molecule has 1 unspecified atom stereocenters. The molecule has 0 aliphatic heterocycles. The Balaban J connectivity index is 3.06. The number of aryl methyl sites for hydroxylation is 1. The first-order valence-electron chi connectivity index (χ1n) is 4.18. The predicted octanol–water partition coefficient (Wildman–Crippen LogP) is 1.96. The minimum Gasteiger partial charge on any atom is -0.309 e. The summed E-state index contributed by atoms with van der Waals surface area (Å²) >= 11 is 5.52. The molecule has 0 aliphatic carbocycles. The van der Waals surface area contributed by atoms with Gasteiger partial charge in [0, 0.05) is 5.56 Å². The van der Waals surface area contributed by atoms with Crippen molar-refractivity contribution in [1.82, 2.24) is 0 Å². The highest BCUT2D eigenvalue weighted by Gasteiger charge is 2.14. The van der Waals surface area contributed by atoms with Crippen LogP contribution in [0.4, 0.5) is 0 Å². The van der Waals surface area contributed by atoms with Gasteiger partial charge in [0.05, 0.1) is 0 Å². The van der Waals surface area contributed by atoms with E-state index in [0.717, 1.165) is 12.0 Å². The highest BCUT2D eigenvalue weighted by Crippen LogP contribution is 2.12. The Labute approximate surface area is 82.7 Å². The molecule has 1 aromatic rings. The van der Waals surface area contributed by atoms with Gasteiger partial charge in [-0.3, -0.25) is 4.79 Å². The molecule has 0 aromatic heterocycles. The monoisotopic (exact) mass is 197 g/mol. The van der Waals surface area contributed by atoms with Gasteiger partial charge in [0.1, 0.15) is 5.50 Å². The fourth-order valence-corrected chi connectivity index (χ4v) is 1.34. The van der Waals surface area contributed by atoms with Gasteiger partial charge in [0.2, 0.25) is 0 Å². The van der Waals surface area contributed by atoms with Crippen molar-refractivity contribution in [3.05, 3.63) is 35.4 Å². The lowest BCUT2D eigenvalue weighted by atomic mass is 10.0. The summed E-state index contributed by atoms with van der Waals surface area (Å²) in [5.74, 6) is -0.209. The molecule has 0 amide bonds. The Morgan fingerprint density at radius 1 is 1.54 bits per heavy atom.